The first-order chi connectivity index (χ1) is 12.9. The normalized spacial score (nSPS) is 12.0. The Morgan fingerprint density at radius 1 is 1.15 bits per heavy atom. The van der Waals surface area contributed by atoms with Crippen molar-refractivity contribution in [2.75, 3.05) is 5.32 Å². The summed E-state index contributed by atoms with van der Waals surface area (Å²) in [6, 6.07) is 13.5. The number of aryl methyl sites for hydroxylation is 2. The third-order valence-corrected chi connectivity index (χ3v) is 4.45. The van der Waals surface area contributed by atoms with Crippen LogP contribution in [0.4, 0.5) is 5.69 Å². The summed E-state index contributed by atoms with van der Waals surface area (Å²) in [6.45, 7) is 5.20. The summed E-state index contributed by atoms with van der Waals surface area (Å²) in [5.74, 6) is -0.102. The minimum Gasteiger partial charge on any atom is -0.453 e. The predicted molar refractivity (Wildman–Crippen MR) is 102 cm³/mol. The SMILES string of the molecule is Cc1noc(C)c1CCC(=O)O[C@@H](C)C(=O)Nc1ccc2ccccc2c1. The standard InChI is InChI=1S/C21H22N2O4/c1-13-19(14(2)27-23-13)10-11-20(24)26-15(3)21(25)22-18-9-8-16-6-4-5-7-17(16)12-18/h4-9,12,15H,10-11H2,1-3H3,(H,22,25)/t15-/m0/s1. The largest absolute Gasteiger partial charge is 0.453 e. The van der Waals surface area contributed by atoms with Gasteiger partial charge in [0.25, 0.3) is 5.91 Å². The van der Waals surface area contributed by atoms with Gasteiger partial charge in [-0.05, 0) is 50.1 Å². The van der Waals surface area contributed by atoms with Gasteiger partial charge >= 0.3 is 5.97 Å². The maximum atomic E-state index is 12.3. The van der Waals surface area contributed by atoms with Crippen LogP contribution in [0.2, 0.25) is 0 Å². The van der Waals surface area contributed by atoms with E-state index in [9.17, 15) is 9.59 Å². The molecule has 27 heavy (non-hydrogen) atoms. The zero-order valence-electron chi connectivity index (χ0n) is 15.6. The number of esters is 1. The molecule has 0 spiro atoms. The Kier molecular flexibility index (Phi) is 5.54. The van der Waals surface area contributed by atoms with Gasteiger partial charge in [-0.15, -0.1) is 0 Å². The summed E-state index contributed by atoms with van der Waals surface area (Å²) < 4.78 is 10.3. The number of rotatable bonds is 6. The molecule has 0 radical (unpaired) electrons. The van der Waals surface area contributed by atoms with Gasteiger partial charge in [-0.25, -0.2) is 0 Å². The molecule has 0 saturated carbocycles. The lowest BCUT2D eigenvalue weighted by molar-refractivity contribution is -0.153. The second-order valence-electron chi connectivity index (χ2n) is 6.49. The number of fused-ring (bicyclic) bond motifs is 1. The Morgan fingerprint density at radius 3 is 2.59 bits per heavy atom. The Bertz CT molecular complexity index is 958. The van der Waals surface area contributed by atoms with E-state index in [1.165, 1.54) is 0 Å². The third kappa shape index (κ3) is 4.53. The molecule has 1 heterocycles. The van der Waals surface area contributed by atoms with Crippen LogP contribution in [0.3, 0.4) is 0 Å². The fraction of sp³-hybridized carbons (Fsp3) is 0.286. The molecule has 2 aromatic carbocycles. The monoisotopic (exact) mass is 366 g/mol. The van der Waals surface area contributed by atoms with E-state index < -0.39 is 12.1 Å². The van der Waals surface area contributed by atoms with Crippen LogP contribution < -0.4 is 5.32 Å². The summed E-state index contributed by atoms with van der Waals surface area (Å²) in [5, 5.41) is 8.77. The lowest BCUT2D eigenvalue weighted by Crippen LogP contribution is -2.30. The van der Waals surface area contributed by atoms with Crippen molar-refractivity contribution in [2.45, 2.75) is 39.7 Å². The van der Waals surface area contributed by atoms with E-state index in [4.69, 9.17) is 9.26 Å². The maximum Gasteiger partial charge on any atom is 0.306 e. The highest BCUT2D eigenvalue weighted by atomic mass is 16.5. The van der Waals surface area contributed by atoms with Crippen LogP contribution in [-0.2, 0) is 20.7 Å². The lowest BCUT2D eigenvalue weighted by atomic mass is 10.1. The van der Waals surface area contributed by atoms with Crippen molar-refractivity contribution in [3.8, 4) is 0 Å². The predicted octanol–water partition coefficient (Wildman–Crippen LogP) is 3.95. The first-order valence-electron chi connectivity index (χ1n) is 8.85. The maximum absolute atomic E-state index is 12.3. The highest BCUT2D eigenvalue weighted by Gasteiger charge is 2.19. The second kappa shape index (κ2) is 8.03. The van der Waals surface area contributed by atoms with Crippen molar-refractivity contribution in [2.24, 2.45) is 0 Å². The molecule has 0 aliphatic rings. The minimum absolute atomic E-state index is 0.163. The van der Waals surface area contributed by atoms with E-state index in [0.29, 0.717) is 17.9 Å². The molecule has 140 valence electrons. The molecule has 1 N–H and O–H groups in total. The van der Waals surface area contributed by atoms with Gasteiger partial charge in [-0.1, -0.05) is 35.5 Å². The Morgan fingerprint density at radius 2 is 1.89 bits per heavy atom. The molecule has 1 atom stereocenters. The number of nitrogens with zero attached hydrogens (tertiary/aromatic N) is 1. The number of ether oxygens (including phenoxy) is 1. The molecule has 0 saturated heterocycles. The minimum atomic E-state index is -0.881. The molecule has 0 fully saturated rings. The van der Waals surface area contributed by atoms with E-state index >= 15 is 0 Å². The fourth-order valence-electron chi connectivity index (χ4n) is 2.91. The van der Waals surface area contributed by atoms with E-state index in [0.717, 1.165) is 22.0 Å². The van der Waals surface area contributed by atoms with E-state index in [1.807, 2.05) is 49.4 Å². The zero-order chi connectivity index (χ0) is 19.4. The number of carbonyl (C=O) groups excluding carboxylic acids is 2. The Labute approximate surface area is 157 Å². The van der Waals surface area contributed by atoms with Crippen molar-refractivity contribution < 1.29 is 18.8 Å². The van der Waals surface area contributed by atoms with Crippen LogP contribution in [0.25, 0.3) is 10.8 Å². The highest BCUT2D eigenvalue weighted by Crippen LogP contribution is 2.19. The molecular formula is C21H22N2O4. The molecule has 6 heteroatoms. The smallest absolute Gasteiger partial charge is 0.306 e. The van der Waals surface area contributed by atoms with Gasteiger partial charge in [0, 0.05) is 17.7 Å². The number of carbonyl (C=O) groups is 2. The average Bonchev–Trinajstić information content (AvgIpc) is 2.97. The lowest BCUT2D eigenvalue weighted by Gasteiger charge is -2.14. The van der Waals surface area contributed by atoms with Crippen LogP contribution in [0.1, 0.15) is 30.4 Å². The molecule has 3 aromatic rings. The zero-order valence-corrected chi connectivity index (χ0v) is 15.6. The number of amides is 1. The number of hydrogen-bond acceptors (Lipinski definition) is 5. The topological polar surface area (TPSA) is 81.4 Å². The van der Waals surface area contributed by atoms with Gasteiger partial charge in [-0.3, -0.25) is 9.59 Å². The van der Waals surface area contributed by atoms with E-state index in [2.05, 4.69) is 10.5 Å². The Balaban J connectivity index is 1.54. The fourth-order valence-corrected chi connectivity index (χ4v) is 2.91. The summed E-state index contributed by atoms with van der Waals surface area (Å²) in [4.78, 5) is 24.4. The van der Waals surface area contributed by atoms with Crippen LogP contribution in [0.15, 0.2) is 47.0 Å². The molecule has 0 unspecified atom stereocenters. The second-order valence-corrected chi connectivity index (χ2v) is 6.49. The summed E-state index contributed by atoms with van der Waals surface area (Å²) in [6.07, 6.45) is -0.246. The van der Waals surface area contributed by atoms with Crippen molar-refractivity contribution in [3.63, 3.8) is 0 Å². The molecule has 1 amide bonds. The highest BCUT2D eigenvalue weighted by molar-refractivity contribution is 5.97. The third-order valence-electron chi connectivity index (χ3n) is 4.45. The van der Waals surface area contributed by atoms with Crippen LogP contribution in [-0.4, -0.2) is 23.1 Å². The van der Waals surface area contributed by atoms with Gasteiger partial charge in [0.05, 0.1) is 5.69 Å². The molecule has 3 rings (SSSR count). The number of nitrogens with one attached hydrogen (secondary N) is 1. The molecule has 1 aromatic heterocycles. The molecule has 0 bridgehead atoms. The van der Waals surface area contributed by atoms with Crippen molar-refractivity contribution in [1.29, 1.82) is 0 Å². The average molecular weight is 366 g/mol. The van der Waals surface area contributed by atoms with Crippen LogP contribution in [0, 0.1) is 13.8 Å². The van der Waals surface area contributed by atoms with Gasteiger partial charge < -0.3 is 14.6 Å². The molecule has 0 aliphatic carbocycles. The quantitative estimate of drug-likeness (QED) is 0.668. The van der Waals surface area contributed by atoms with Crippen molar-refractivity contribution in [1.82, 2.24) is 5.16 Å². The van der Waals surface area contributed by atoms with Gasteiger partial charge in [0.1, 0.15) is 5.76 Å². The van der Waals surface area contributed by atoms with Gasteiger partial charge in [-0.2, -0.15) is 0 Å². The number of hydrogen-bond donors (Lipinski definition) is 1. The first kappa shape index (κ1) is 18.6. The molecule has 6 nitrogen and oxygen atoms in total. The Hall–Kier alpha value is -3.15. The number of benzene rings is 2. The number of aromatic nitrogens is 1. The summed E-state index contributed by atoms with van der Waals surface area (Å²) in [7, 11) is 0. The van der Waals surface area contributed by atoms with Crippen molar-refractivity contribution >= 4 is 28.3 Å². The van der Waals surface area contributed by atoms with E-state index in [-0.39, 0.29) is 12.3 Å². The summed E-state index contributed by atoms with van der Waals surface area (Å²) in [5.41, 5.74) is 2.33. The first-order valence-corrected chi connectivity index (χ1v) is 8.85. The summed E-state index contributed by atoms with van der Waals surface area (Å²) >= 11 is 0. The van der Waals surface area contributed by atoms with Crippen molar-refractivity contribution in [3.05, 3.63) is 59.5 Å². The van der Waals surface area contributed by atoms with E-state index in [1.54, 1.807) is 13.8 Å². The van der Waals surface area contributed by atoms with Crippen LogP contribution in [0.5, 0.6) is 0 Å². The van der Waals surface area contributed by atoms with Crippen LogP contribution >= 0.6 is 0 Å². The van der Waals surface area contributed by atoms with Gasteiger partial charge in [0.2, 0.25) is 0 Å². The van der Waals surface area contributed by atoms with Gasteiger partial charge in [0.15, 0.2) is 6.10 Å². The number of anilines is 1. The molecule has 0 aliphatic heterocycles. The molecular weight excluding hydrogens is 344 g/mol.